The lowest BCUT2D eigenvalue weighted by molar-refractivity contribution is -0.919. The zero-order valence-electron chi connectivity index (χ0n) is 19.7. The average Bonchev–Trinajstić information content (AvgIpc) is 3.44. The average molecular weight is 466 g/mol. The van der Waals surface area contributed by atoms with Gasteiger partial charge in [-0.05, 0) is 73.8 Å². The first-order chi connectivity index (χ1) is 16.2. The van der Waals surface area contributed by atoms with Gasteiger partial charge in [0.25, 0.3) is 0 Å². The number of rotatable bonds is 5. The molecule has 3 aromatic rings. The van der Waals surface area contributed by atoms with E-state index in [1.807, 2.05) is 11.3 Å². The third-order valence-electron chi connectivity index (χ3n) is 7.58. The Balaban J connectivity index is 1.39. The summed E-state index contributed by atoms with van der Waals surface area (Å²) >= 11 is 1.91. The number of fused-ring (bicyclic) bond motifs is 4. The second-order valence-electron chi connectivity index (χ2n) is 9.64. The van der Waals surface area contributed by atoms with Crippen LogP contribution in [0.1, 0.15) is 53.1 Å². The number of nitrogens with zero attached hydrogens (tertiary/aromatic N) is 3. The second-order valence-corrected chi connectivity index (χ2v) is 10.7. The number of methoxy groups -OCH3 is 2. The molecule has 1 N–H and O–H groups in total. The Kier molecular flexibility index (Phi) is 5.62. The van der Waals surface area contributed by atoms with E-state index in [9.17, 15) is 0 Å². The molecular weight excluding hydrogens is 432 g/mol. The van der Waals surface area contributed by atoms with E-state index in [-0.39, 0.29) is 0 Å². The molecule has 33 heavy (non-hydrogen) atoms. The molecule has 2 aliphatic heterocycles. The van der Waals surface area contributed by atoms with E-state index in [4.69, 9.17) is 19.4 Å². The van der Waals surface area contributed by atoms with Crippen molar-refractivity contribution in [2.75, 3.05) is 38.8 Å². The van der Waals surface area contributed by atoms with Gasteiger partial charge >= 0.3 is 0 Å². The van der Waals surface area contributed by atoms with Crippen LogP contribution in [0.4, 0.5) is 5.82 Å². The summed E-state index contributed by atoms with van der Waals surface area (Å²) in [6.45, 7) is 5.26. The van der Waals surface area contributed by atoms with Crippen LogP contribution in [-0.4, -0.2) is 43.8 Å². The first-order valence-electron chi connectivity index (χ1n) is 12.4. The van der Waals surface area contributed by atoms with Crippen molar-refractivity contribution in [3.8, 4) is 11.5 Å². The monoisotopic (exact) mass is 465 g/mol. The molecule has 1 aliphatic carbocycles. The van der Waals surface area contributed by atoms with Crippen LogP contribution in [0, 0.1) is 0 Å². The topological polar surface area (TPSA) is 51.9 Å². The summed E-state index contributed by atoms with van der Waals surface area (Å²) in [5.41, 5.74) is 4.17. The molecule has 0 saturated carbocycles. The highest BCUT2D eigenvalue weighted by atomic mass is 32.1. The Morgan fingerprint density at radius 2 is 1.73 bits per heavy atom. The number of piperidine rings is 1. The van der Waals surface area contributed by atoms with Gasteiger partial charge in [-0.3, -0.25) is 0 Å². The van der Waals surface area contributed by atoms with Crippen molar-refractivity contribution in [3.63, 3.8) is 0 Å². The first kappa shape index (κ1) is 21.2. The summed E-state index contributed by atoms with van der Waals surface area (Å²) in [5.74, 6) is 3.80. The van der Waals surface area contributed by atoms with E-state index in [2.05, 4.69) is 17.0 Å². The van der Waals surface area contributed by atoms with Gasteiger partial charge in [0.2, 0.25) is 0 Å². The number of likely N-dealkylation sites (tertiary alicyclic amines) is 1. The van der Waals surface area contributed by atoms with Crippen molar-refractivity contribution < 1.29 is 14.4 Å². The highest BCUT2D eigenvalue weighted by Crippen LogP contribution is 2.42. The fourth-order valence-corrected chi connectivity index (χ4v) is 7.12. The number of hydrogen-bond donors (Lipinski definition) is 1. The molecule has 0 amide bonds. The molecule has 2 aromatic heterocycles. The predicted molar refractivity (Wildman–Crippen MR) is 132 cm³/mol. The molecule has 7 heteroatoms. The maximum atomic E-state index is 5.60. The smallest absolute Gasteiger partial charge is 0.187 e. The number of ether oxygens (including phenoxy) is 2. The Morgan fingerprint density at radius 1 is 0.939 bits per heavy atom. The lowest BCUT2D eigenvalue weighted by Gasteiger charge is -2.31. The maximum Gasteiger partial charge on any atom is 0.187 e. The summed E-state index contributed by atoms with van der Waals surface area (Å²) < 4.78 is 11.1. The SMILES string of the molecule is COc1cc2c(cc1OC)CN(c1nc(C[NH+]3CCCCC3)nc3sc4c(c13)CCC4)CC2. The molecule has 0 radical (unpaired) electrons. The zero-order chi connectivity index (χ0) is 22.4. The molecule has 4 heterocycles. The number of quaternary nitrogens is 1. The Hall–Kier alpha value is -2.38. The van der Waals surface area contributed by atoms with Crippen LogP contribution in [0.25, 0.3) is 10.2 Å². The fourth-order valence-electron chi connectivity index (χ4n) is 5.84. The summed E-state index contributed by atoms with van der Waals surface area (Å²) in [5, 5.41) is 1.33. The molecule has 174 valence electrons. The van der Waals surface area contributed by atoms with Gasteiger partial charge in [-0.1, -0.05) is 0 Å². The minimum atomic E-state index is 0.803. The van der Waals surface area contributed by atoms with Crippen molar-refractivity contribution in [1.82, 2.24) is 9.97 Å². The van der Waals surface area contributed by atoms with Crippen LogP contribution in [0.3, 0.4) is 0 Å². The van der Waals surface area contributed by atoms with Crippen molar-refractivity contribution >= 4 is 27.4 Å². The van der Waals surface area contributed by atoms with Gasteiger partial charge in [-0.2, -0.15) is 0 Å². The molecule has 1 fully saturated rings. The number of aromatic nitrogens is 2. The molecule has 0 atom stereocenters. The first-order valence-corrected chi connectivity index (χ1v) is 13.2. The van der Waals surface area contributed by atoms with E-state index in [1.165, 1.54) is 77.0 Å². The molecule has 1 aromatic carbocycles. The van der Waals surface area contributed by atoms with E-state index >= 15 is 0 Å². The quantitative estimate of drug-likeness (QED) is 0.627. The third-order valence-corrected chi connectivity index (χ3v) is 8.76. The van der Waals surface area contributed by atoms with Crippen LogP contribution in [-0.2, 0) is 32.4 Å². The van der Waals surface area contributed by atoms with Crippen molar-refractivity contribution in [1.29, 1.82) is 0 Å². The third kappa shape index (κ3) is 3.85. The normalized spacial score (nSPS) is 18.4. The minimum absolute atomic E-state index is 0.803. The molecule has 1 saturated heterocycles. The standard InChI is InChI=1S/C26H32N4O2S/c1-31-20-13-17-9-12-30(15-18(17)14-21(20)32-2)25-24-19-7-6-8-22(19)33-26(24)28-23(27-25)16-29-10-4-3-5-11-29/h13-14H,3-12,15-16H2,1-2H3/p+1. The Bertz CT molecular complexity index is 1180. The Morgan fingerprint density at radius 3 is 2.52 bits per heavy atom. The predicted octanol–water partition coefficient (Wildman–Crippen LogP) is 3.33. The molecule has 6 nitrogen and oxygen atoms in total. The van der Waals surface area contributed by atoms with Crippen LogP contribution in [0.15, 0.2) is 12.1 Å². The number of nitrogens with one attached hydrogen (secondary N) is 1. The van der Waals surface area contributed by atoms with Crippen LogP contribution < -0.4 is 19.3 Å². The maximum absolute atomic E-state index is 5.60. The van der Waals surface area contributed by atoms with E-state index in [0.717, 1.165) is 55.6 Å². The highest BCUT2D eigenvalue weighted by molar-refractivity contribution is 7.19. The molecule has 3 aliphatic rings. The summed E-state index contributed by atoms with van der Waals surface area (Å²) in [6, 6.07) is 4.30. The van der Waals surface area contributed by atoms with E-state index < -0.39 is 0 Å². The van der Waals surface area contributed by atoms with Gasteiger partial charge in [0.05, 0.1) is 32.7 Å². The van der Waals surface area contributed by atoms with E-state index in [1.54, 1.807) is 19.1 Å². The number of benzene rings is 1. The van der Waals surface area contributed by atoms with Crippen LogP contribution >= 0.6 is 11.3 Å². The van der Waals surface area contributed by atoms with Crippen LogP contribution in [0.2, 0.25) is 0 Å². The van der Waals surface area contributed by atoms with Crippen LogP contribution in [0.5, 0.6) is 11.5 Å². The zero-order valence-corrected chi connectivity index (χ0v) is 20.5. The number of anilines is 1. The van der Waals surface area contributed by atoms with Gasteiger partial charge in [0.15, 0.2) is 17.3 Å². The van der Waals surface area contributed by atoms with Gasteiger partial charge < -0.3 is 19.3 Å². The minimum Gasteiger partial charge on any atom is -0.493 e. The summed E-state index contributed by atoms with van der Waals surface area (Å²) in [6.07, 6.45) is 8.63. The number of hydrogen-bond acceptors (Lipinski definition) is 6. The van der Waals surface area contributed by atoms with Crippen molar-refractivity contribution in [2.24, 2.45) is 0 Å². The van der Waals surface area contributed by atoms with Crippen molar-refractivity contribution in [2.45, 2.75) is 58.0 Å². The van der Waals surface area contributed by atoms with Gasteiger partial charge in [-0.15, -0.1) is 11.3 Å². The molecule has 0 unspecified atom stereocenters. The lowest BCUT2D eigenvalue weighted by Crippen LogP contribution is -3.11. The van der Waals surface area contributed by atoms with Gasteiger partial charge in [0.1, 0.15) is 17.2 Å². The molecular formula is C26H33N4O2S+. The van der Waals surface area contributed by atoms with Gasteiger partial charge in [0, 0.05) is 18.0 Å². The lowest BCUT2D eigenvalue weighted by atomic mass is 9.98. The molecule has 0 bridgehead atoms. The summed E-state index contributed by atoms with van der Waals surface area (Å²) in [7, 11) is 3.42. The Labute approximate surface area is 199 Å². The molecule has 0 spiro atoms. The van der Waals surface area contributed by atoms with E-state index in [0.29, 0.717) is 0 Å². The van der Waals surface area contributed by atoms with Crippen molar-refractivity contribution in [3.05, 3.63) is 39.5 Å². The fraction of sp³-hybridized carbons (Fsp3) is 0.538. The number of thiophene rings is 1. The van der Waals surface area contributed by atoms with Gasteiger partial charge in [-0.25, -0.2) is 9.97 Å². The number of aryl methyl sites for hydroxylation is 2. The molecule has 6 rings (SSSR count). The highest BCUT2D eigenvalue weighted by Gasteiger charge is 2.28. The largest absolute Gasteiger partial charge is 0.493 e. The summed E-state index contributed by atoms with van der Waals surface area (Å²) in [4.78, 5) is 17.2. The second kappa shape index (κ2) is 8.76.